The van der Waals surface area contributed by atoms with Gasteiger partial charge in [-0.1, -0.05) is 36.4 Å². The smallest absolute Gasteiger partial charge is 0.177 e. The first kappa shape index (κ1) is 15.5. The average Bonchev–Trinajstić information content (AvgIpc) is 2.46. The fourth-order valence-electron chi connectivity index (χ4n) is 2.05. The van der Waals surface area contributed by atoms with E-state index >= 15 is 0 Å². The van der Waals surface area contributed by atoms with Gasteiger partial charge in [0.15, 0.2) is 9.84 Å². The zero-order valence-corrected chi connectivity index (χ0v) is 13.0. The van der Waals surface area contributed by atoms with Crippen molar-refractivity contribution < 1.29 is 13.2 Å². The highest BCUT2D eigenvalue weighted by Crippen LogP contribution is 2.21. The number of para-hydroxylation sites is 1. The third-order valence-corrected chi connectivity index (χ3v) is 4.26. The Balaban J connectivity index is 2.10. The van der Waals surface area contributed by atoms with E-state index < -0.39 is 9.84 Å². The van der Waals surface area contributed by atoms with Gasteiger partial charge in [0, 0.05) is 19.9 Å². The quantitative estimate of drug-likeness (QED) is 0.891. The molecule has 0 spiro atoms. The number of ether oxygens (including phenoxy) is 1. The summed E-state index contributed by atoms with van der Waals surface area (Å²) in [6, 6.07) is 14.9. The zero-order valence-electron chi connectivity index (χ0n) is 12.2. The number of methoxy groups -OCH3 is 1. The van der Waals surface area contributed by atoms with Crippen LogP contribution in [0.1, 0.15) is 11.1 Å². The molecule has 112 valence electrons. The van der Waals surface area contributed by atoms with Crippen molar-refractivity contribution in [3.05, 3.63) is 59.7 Å². The molecule has 0 aliphatic carbocycles. The van der Waals surface area contributed by atoms with Crippen LogP contribution in [0.5, 0.6) is 0 Å². The van der Waals surface area contributed by atoms with Crippen LogP contribution in [0.4, 0.5) is 5.69 Å². The molecule has 4 nitrogen and oxygen atoms in total. The minimum absolute atomic E-state index is 0.320. The number of hydrogen-bond acceptors (Lipinski definition) is 4. The van der Waals surface area contributed by atoms with Gasteiger partial charge >= 0.3 is 0 Å². The predicted molar refractivity (Wildman–Crippen MR) is 84.0 cm³/mol. The molecule has 0 fully saturated rings. The molecule has 0 saturated heterocycles. The molecule has 5 heteroatoms. The van der Waals surface area contributed by atoms with Crippen molar-refractivity contribution in [2.24, 2.45) is 0 Å². The van der Waals surface area contributed by atoms with Crippen LogP contribution in [0.15, 0.2) is 53.4 Å². The lowest BCUT2D eigenvalue weighted by molar-refractivity contribution is 0.185. The number of nitrogens with one attached hydrogen (secondary N) is 1. The minimum atomic E-state index is -3.23. The molecule has 2 aromatic rings. The Morgan fingerprint density at radius 1 is 1.00 bits per heavy atom. The molecule has 0 radical (unpaired) electrons. The maximum absolute atomic E-state index is 11.7. The number of rotatable bonds is 6. The Hall–Kier alpha value is -1.85. The fraction of sp³-hybridized carbons (Fsp3) is 0.250. The largest absolute Gasteiger partial charge is 0.380 e. The van der Waals surface area contributed by atoms with Crippen molar-refractivity contribution in [2.45, 2.75) is 18.0 Å². The second kappa shape index (κ2) is 6.74. The molecule has 0 saturated carbocycles. The summed E-state index contributed by atoms with van der Waals surface area (Å²) in [4.78, 5) is 0.320. The van der Waals surface area contributed by atoms with Crippen LogP contribution < -0.4 is 5.32 Å². The van der Waals surface area contributed by atoms with Crippen molar-refractivity contribution in [1.29, 1.82) is 0 Å². The summed E-state index contributed by atoms with van der Waals surface area (Å²) in [6.45, 7) is 1.16. The minimum Gasteiger partial charge on any atom is -0.380 e. The topological polar surface area (TPSA) is 55.4 Å². The highest BCUT2D eigenvalue weighted by molar-refractivity contribution is 7.90. The van der Waals surface area contributed by atoms with Crippen LogP contribution in [0, 0.1) is 0 Å². The van der Waals surface area contributed by atoms with E-state index in [1.807, 2.05) is 30.3 Å². The second-order valence-corrected chi connectivity index (χ2v) is 6.86. The zero-order chi connectivity index (χ0) is 15.3. The fourth-order valence-corrected chi connectivity index (χ4v) is 2.92. The molecule has 0 aliphatic heterocycles. The first-order valence-electron chi connectivity index (χ1n) is 6.60. The molecule has 2 aromatic carbocycles. The molecule has 2 rings (SSSR count). The second-order valence-electron chi connectivity index (χ2n) is 4.87. The molecule has 0 atom stereocenters. The first-order valence-corrected chi connectivity index (χ1v) is 8.49. The Bertz CT molecular complexity index is 694. The SMILES string of the molecule is COCc1ccc(CNc2ccccc2S(C)(=O)=O)cc1. The summed E-state index contributed by atoms with van der Waals surface area (Å²) in [5.41, 5.74) is 2.82. The summed E-state index contributed by atoms with van der Waals surface area (Å²) in [7, 11) is -1.57. The molecular weight excluding hydrogens is 286 g/mol. The summed E-state index contributed by atoms with van der Waals surface area (Å²) in [6.07, 6.45) is 1.22. The highest BCUT2D eigenvalue weighted by Gasteiger charge is 2.11. The van der Waals surface area contributed by atoms with Crippen molar-refractivity contribution in [2.75, 3.05) is 18.7 Å². The van der Waals surface area contributed by atoms with Gasteiger partial charge in [-0.15, -0.1) is 0 Å². The Morgan fingerprint density at radius 2 is 1.62 bits per heavy atom. The van der Waals surface area contributed by atoms with Crippen LogP contribution >= 0.6 is 0 Å². The molecular formula is C16H19NO3S. The van der Waals surface area contributed by atoms with Crippen LogP contribution in [-0.4, -0.2) is 21.8 Å². The van der Waals surface area contributed by atoms with Crippen molar-refractivity contribution in [3.63, 3.8) is 0 Å². The number of sulfone groups is 1. The lowest BCUT2D eigenvalue weighted by Crippen LogP contribution is -2.06. The van der Waals surface area contributed by atoms with E-state index in [1.54, 1.807) is 25.3 Å². The van der Waals surface area contributed by atoms with E-state index in [0.717, 1.165) is 11.1 Å². The van der Waals surface area contributed by atoms with E-state index in [0.29, 0.717) is 23.7 Å². The molecule has 21 heavy (non-hydrogen) atoms. The summed E-state index contributed by atoms with van der Waals surface area (Å²) in [5.74, 6) is 0. The molecule has 0 unspecified atom stereocenters. The normalized spacial score (nSPS) is 11.3. The van der Waals surface area contributed by atoms with Crippen molar-refractivity contribution >= 4 is 15.5 Å². The number of hydrogen-bond donors (Lipinski definition) is 1. The maximum Gasteiger partial charge on any atom is 0.177 e. The van der Waals surface area contributed by atoms with E-state index in [9.17, 15) is 8.42 Å². The van der Waals surface area contributed by atoms with Crippen LogP contribution in [0.25, 0.3) is 0 Å². The number of benzene rings is 2. The van der Waals surface area contributed by atoms with Crippen LogP contribution in [0.3, 0.4) is 0 Å². The predicted octanol–water partition coefficient (Wildman–Crippen LogP) is 2.85. The van der Waals surface area contributed by atoms with E-state index in [1.165, 1.54) is 6.26 Å². The van der Waals surface area contributed by atoms with Crippen molar-refractivity contribution in [1.82, 2.24) is 0 Å². The van der Waals surface area contributed by atoms with Gasteiger partial charge in [0.2, 0.25) is 0 Å². The molecule has 0 heterocycles. The maximum atomic E-state index is 11.7. The van der Waals surface area contributed by atoms with Gasteiger partial charge in [0.05, 0.1) is 17.2 Å². The average molecular weight is 305 g/mol. The van der Waals surface area contributed by atoms with Gasteiger partial charge in [-0.05, 0) is 23.3 Å². The number of anilines is 1. The van der Waals surface area contributed by atoms with E-state index in [-0.39, 0.29) is 0 Å². The summed E-state index contributed by atoms with van der Waals surface area (Å²) in [5, 5.41) is 3.18. The lowest BCUT2D eigenvalue weighted by atomic mass is 10.1. The van der Waals surface area contributed by atoms with Gasteiger partial charge < -0.3 is 10.1 Å². The van der Waals surface area contributed by atoms with E-state index in [2.05, 4.69) is 5.32 Å². The third-order valence-electron chi connectivity index (χ3n) is 3.10. The van der Waals surface area contributed by atoms with Crippen molar-refractivity contribution in [3.8, 4) is 0 Å². The highest BCUT2D eigenvalue weighted by atomic mass is 32.2. The summed E-state index contributed by atoms with van der Waals surface area (Å²) < 4.78 is 28.5. The standard InChI is InChI=1S/C16H19NO3S/c1-20-12-14-9-7-13(8-10-14)11-17-15-5-3-4-6-16(15)21(2,18)19/h3-10,17H,11-12H2,1-2H3. The van der Waals surface area contributed by atoms with Crippen LogP contribution in [0.2, 0.25) is 0 Å². The molecule has 0 bridgehead atoms. The van der Waals surface area contributed by atoms with Gasteiger partial charge in [0.1, 0.15) is 0 Å². The van der Waals surface area contributed by atoms with Gasteiger partial charge in [-0.3, -0.25) is 0 Å². The van der Waals surface area contributed by atoms with Crippen LogP contribution in [-0.2, 0) is 27.7 Å². The Labute approximate surface area is 125 Å². The van der Waals surface area contributed by atoms with Gasteiger partial charge in [0.25, 0.3) is 0 Å². The molecule has 0 aromatic heterocycles. The Morgan fingerprint density at radius 3 is 2.24 bits per heavy atom. The first-order chi connectivity index (χ1) is 10.0. The Kier molecular flexibility index (Phi) is 4.98. The van der Waals surface area contributed by atoms with Gasteiger partial charge in [-0.2, -0.15) is 0 Å². The molecule has 1 N–H and O–H groups in total. The monoisotopic (exact) mass is 305 g/mol. The van der Waals surface area contributed by atoms with Gasteiger partial charge in [-0.25, -0.2) is 8.42 Å². The molecule has 0 amide bonds. The van der Waals surface area contributed by atoms with E-state index in [4.69, 9.17) is 4.74 Å². The summed E-state index contributed by atoms with van der Waals surface area (Å²) >= 11 is 0. The molecule has 0 aliphatic rings. The third kappa shape index (κ3) is 4.31. The lowest BCUT2D eigenvalue weighted by Gasteiger charge is -2.11.